The van der Waals surface area contributed by atoms with Crippen molar-refractivity contribution in [2.75, 3.05) is 23.5 Å². The van der Waals surface area contributed by atoms with Crippen LogP contribution in [0.1, 0.15) is 13.8 Å². The monoisotopic (exact) mass is 374 g/mol. The van der Waals surface area contributed by atoms with Crippen LogP contribution in [0, 0.1) is 0 Å². The summed E-state index contributed by atoms with van der Waals surface area (Å²) in [6.07, 6.45) is 0.240. The molecule has 0 unspecified atom stereocenters. The normalized spacial score (nSPS) is 16.3. The molecule has 0 bridgehead atoms. The van der Waals surface area contributed by atoms with Gasteiger partial charge in [-0.15, -0.1) is 11.3 Å². The van der Waals surface area contributed by atoms with E-state index in [-0.39, 0.29) is 6.17 Å². The largest absolute Gasteiger partial charge is 0.495 e. The van der Waals surface area contributed by atoms with Crippen molar-refractivity contribution in [3.63, 3.8) is 0 Å². The smallest absolute Gasteiger partial charge is 0.142 e. The Morgan fingerprint density at radius 2 is 1.67 bits per heavy atom. The van der Waals surface area contributed by atoms with Gasteiger partial charge in [0.05, 0.1) is 24.2 Å². The van der Waals surface area contributed by atoms with Gasteiger partial charge in [0.25, 0.3) is 0 Å². The molecule has 1 aliphatic heterocycles. The van der Waals surface area contributed by atoms with E-state index in [1.807, 2.05) is 23.5 Å². The average molecular weight is 375 g/mol. The highest BCUT2D eigenvalue weighted by molar-refractivity contribution is 7.25. The van der Waals surface area contributed by atoms with Crippen LogP contribution >= 0.6 is 11.3 Å². The molecule has 0 radical (unpaired) electrons. The van der Waals surface area contributed by atoms with Crippen molar-refractivity contribution in [1.29, 1.82) is 0 Å². The fraction of sp³-hybridized carbons (Fsp3) is 0.217. The molecule has 136 valence electrons. The van der Waals surface area contributed by atoms with E-state index >= 15 is 0 Å². The van der Waals surface area contributed by atoms with Gasteiger partial charge >= 0.3 is 0 Å². The molecule has 4 heteroatoms. The second kappa shape index (κ2) is 6.17. The van der Waals surface area contributed by atoms with Gasteiger partial charge < -0.3 is 14.5 Å². The standard InChI is InChI=1S/C23H22N2OS/c1-4-24-15(2)25(18-10-6-7-11-21(18)26-3)20-13-17-16-9-5-8-12-22(16)27-23(17)14-19(20)24/h5-15H,4H2,1-3H3/t15-/m0/s1. The Balaban J connectivity index is 1.79. The van der Waals surface area contributed by atoms with Crippen LogP contribution in [0.4, 0.5) is 17.1 Å². The van der Waals surface area contributed by atoms with E-state index < -0.39 is 0 Å². The number of anilines is 3. The minimum absolute atomic E-state index is 0.240. The molecule has 1 aromatic heterocycles. The zero-order valence-corrected chi connectivity index (χ0v) is 16.6. The van der Waals surface area contributed by atoms with E-state index in [1.165, 1.54) is 31.5 Å². The lowest BCUT2D eigenvalue weighted by atomic mass is 10.1. The molecule has 1 atom stereocenters. The van der Waals surface area contributed by atoms with Crippen molar-refractivity contribution in [3.8, 4) is 5.75 Å². The number of nitrogens with zero attached hydrogens (tertiary/aromatic N) is 2. The van der Waals surface area contributed by atoms with E-state index in [4.69, 9.17) is 4.74 Å². The lowest BCUT2D eigenvalue weighted by Crippen LogP contribution is -2.38. The van der Waals surface area contributed by atoms with Crippen LogP contribution in [0.25, 0.3) is 20.2 Å². The molecule has 0 aliphatic carbocycles. The van der Waals surface area contributed by atoms with Crippen molar-refractivity contribution in [1.82, 2.24) is 0 Å². The van der Waals surface area contributed by atoms with Gasteiger partial charge in [-0.3, -0.25) is 0 Å². The molecule has 0 amide bonds. The predicted octanol–water partition coefficient (Wildman–Crippen LogP) is 6.39. The van der Waals surface area contributed by atoms with Gasteiger partial charge in [-0.25, -0.2) is 0 Å². The Bertz CT molecular complexity index is 1150. The third-order valence-corrected chi connectivity index (χ3v) is 6.69. The van der Waals surface area contributed by atoms with Gasteiger partial charge in [-0.05, 0) is 44.2 Å². The maximum Gasteiger partial charge on any atom is 0.142 e. The van der Waals surface area contributed by atoms with Crippen molar-refractivity contribution in [3.05, 3.63) is 60.7 Å². The van der Waals surface area contributed by atoms with Gasteiger partial charge in [0.15, 0.2) is 0 Å². The van der Waals surface area contributed by atoms with Crippen LogP contribution < -0.4 is 14.5 Å². The van der Waals surface area contributed by atoms with E-state index in [0.29, 0.717) is 0 Å². The van der Waals surface area contributed by atoms with Crippen molar-refractivity contribution in [2.45, 2.75) is 20.0 Å². The van der Waals surface area contributed by atoms with Gasteiger partial charge in [0, 0.05) is 26.7 Å². The highest BCUT2D eigenvalue weighted by atomic mass is 32.1. The summed E-state index contributed by atoms with van der Waals surface area (Å²) in [6, 6.07) is 21.7. The molecule has 2 heterocycles. The van der Waals surface area contributed by atoms with E-state index in [1.54, 1.807) is 7.11 Å². The number of thiophene rings is 1. The molecule has 4 aromatic rings. The molecule has 0 N–H and O–H groups in total. The number of benzene rings is 3. The highest BCUT2D eigenvalue weighted by Gasteiger charge is 2.35. The topological polar surface area (TPSA) is 15.7 Å². The molecular weight excluding hydrogens is 352 g/mol. The van der Waals surface area contributed by atoms with Crippen LogP contribution in [-0.2, 0) is 0 Å². The van der Waals surface area contributed by atoms with Gasteiger partial charge in [-0.1, -0.05) is 30.3 Å². The van der Waals surface area contributed by atoms with Crippen LogP contribution in [0.5, 0.6) is 5.75 Å². The highest BCUT2D eigenvalue weighted by Crippen LogP contribution is 2.50. The molecule has 0 saturated heterocycles. The van der Waals surface area contributed by atoms with E-state index in [2.05, 4.69) is 72.2 Å². The lowest BCUT2D eigenvalue weighted by Gasteiger charge is -2.30. The number of ether oxygens (including phenoxy) is 1. The average Bonchev–Trinajstić information content (AvgIpc) is 3.19. The molecule has 0 saturated carbocycles. The second-order valence-electron chi connectivity index (χ2n) is 6.90. The number of hydrogen-bond acceptors (Lipinski definition) is 4. The number of methoxy groups -OCH3 is 1. The maximum atomic E-state index is 5.67. The summed E-state index contributed by atoms with van der Waals surface area (Å²) >= 11 is 1.88. The minimum atomic E-state index is 0.240. The van der Waals surface area contributed by atoms with Crippen LogP contribution in [0.3, 0.4) is 0 Å². The van der Waals surface area contributed by atoms with Gasteiger partial charge in [0.1, 0.15) is 11.9 Å². The van der Waals surface area contributed by atoms with Crippen LogP contribution in [0.2, 0.25) is 0 Å². The summed E-state index contributed by atoms with van der Waals surface area (Å²) in [5.74, 6) is 0.906. The van der Waals surface area contributed by atoms with E-state index in [0.717, 1.165) is 18.0 Å². The van der Waals surface area contributed by atoms with Gasteiger partial charge in [-0.2, -0.15) is 0 Å². The van der Waals surface area contributed by atoms with Crippen LogP contribution in [0.15, 0.2) is 60.7 Å². The Morgan fingerprint density at radius 1 is 0.889 bits per heavy atom. The first-order chi connectivity index (χ1) is 13.2. The molecule has 0 spiro atoms. The lowest BCUT2D eigenvalue weighted by molar-refractivity contribution is 0.414. The molecule has 27 heavy (non-hydrogen) atoms. The van der Waals surface area contributed by atoms with Gasteiger partial charge in [0.2, 0.25) is 0 Å². The quantitative estimate of drug-likeness (QED) is 0.413. The summed E-state index contributed by atoms with van der Waals surface area (Å²) in [5, 5.41) is 2.67. The third-order valence-electron chi connectivity index (χ3n) is 5.55. The van der Waals surface area contributed by atoms with E-state index in [9.17, 15) is 0 Å². The summed E-state index contributed by atoms with van der Waals surface area (Å²) < 4.78 is 8.37. The van der Waals surface area contributed by atoms with Crippen molar-refractivity contribution in [2.24, 2.45) is 0 Å². The van der Waals surface area contributed by atoms with Crippen molar-refractivity contribution < 1.29 is 4.74 Å². The summed E-state index contributed by atoms with van der Waals surface area (Å²) in [7, 11) is 1.74. The zero-order valence-electron chi connectivity index (χ0n) is 15.8. The number of para-hydroxylation sites is 2. The molecule has 5 rings (SSSR count). The first kappa shape index (κ1) is 16.5. The van der Waals surface area contributed by atoms with Crippen LogP contribution in [-0.4, -0.2) is 19.8 Å². The SMILES string of the molecule is CCN1c2cc3sc4ccccc4c3cc2N(c2ccccc2OC)[C@H]1C. The summed E-state index contributed by atoms with van der Waals surface area (Å²) in [4.78, 5) is 4.87. The summed E-state index contributed by atoms with van der Waals surface area (Å²) in [5.41, 5.74) is 3.67. The molecule has 3 nitrogen and oxygen atoms in total. The number of fused-ring (bicyclic) bond motifs is 4. The molecular formula is C23H22N2OS. The van der Waals surface area contributed by atoms with Crippen molar-refractivity contribution >= 4 is 48.6 Å². The fourth-order valence-corrected chi connectivity index (χ4v) is 5.43. The fourth-order valence-electron chi connectivity index (χ4n) is 4.31. The Kier molecular flexibility index (Phi) is 3.76. The predicted molar refractivity (Wildman–Crippen MR) is 117 cm³/mol. The molecule has 0 fully saturated rings. The maximum absolute atomic E-state index is 5.67. The second-order valence-corrected chi connectivity index (χ2v) is 7.98. The third kappa shape index (κ3) is 2.33. The first-order valence-corrected chi connectivity index (χ1v) is 10.2. The Hall–Kier alpha value is -2.72. The Morgan fingerprint density at radius 3 is 2.48 bits per heavy atom. The zero-order chi connectivity index (χ0) is 18.5. The number of hydrogen-bond donors (Lipinski definition) is 0. The molecule has 3 aromatic carbocycles. The molecule has 1 aliphatic rings. The minimum Gasteiger partial charge on any atom is -0.495 e. The first-order valence-electron chi connectivity index (χ1n) is 9.37. The Labute approximate surface area is 163 Å². The number of rotatable bonds is 3. The summed E-state index contributed by atoms with van der Waals surface area (Å²) in [6.45, 7) is 5.46.